The first-order valence-corrected chi connectivity index (χ1v) is 9.69. The summed E-state index contributed by atoms with van der Waals surface area (Å²) in [7, 11) is 0. The highest BCUT2D eigenvalue weighted by Gasteiger charge is 2.09. The molecule has 0 saturated heterocycles. The number of hydrogen-bond acceptors (Lipinski definition) is 6. The van der Waals surface area contributed by atoms with Crippen LogP contribution < -0.4 is 15.8 Å². The first-order valence-electron chi connectivity index (χ1n) is 9.69. The molecule has 0 fully saturated rings. The molecule has 0 amide bonds. The monoisotopic (exact) mass is 409 g/mol. The highest BCUT2D eigenvalue weighted by molar-refractivity contribution is 5.93. The number of benzene rings is 3. The Morgan fingerprint density at radius 2 is 1.90 bits per heavy atom. The molecule has 4 N–H and O–H groups in total. The number of aromatic nitrogens is 4. The van der Waals surface area contributed by atoms with Crippen molar-refractivity contribution in [2.75, 3.05) is 5.32 Å². The molecule has 2 heterocycles. The fraction of sp³-hybridized carbons (Fsp3) is 0.0435. The van der Waals surface area contributed by atoms with Crippen LogP contribution in [0.4, 0.5) is 11.5 Å². The summed E-state index contributed by atoms with van der Waals surface area (Å²) in [5.41, 5.74) is 9.23. The maximum Gasteiger partial charge on any atom is 0.284 e. The molecular formula is C23H19N7O. The molecule has 31 heavy (non-hydrogen) atoms. The maximum absolute atomic E-state index is 7.32. The second kappa shape index (κ2) is 7.75. The van der Waals surface area contributed by atoms with Gasteiger partial charge in [-0.05, 0) is 42.0 Å². The summed E-state index contributed by atoms with van der Waals surface area (Å²) >= 11 is 0. The molecule has 0 aliphatic heterocycles. The van der Waals surface area contributed by atoms with Crippen LogP contribution in [0, 0.1) is 5.41 Å². The third-order valence-corrected chi connectivity index (χ3v) is 4.91. The highest BCUT2D eigenvalue weighted by Crippen LogP contribution is 2.28. The summed E-state index contributed by atoms with van der Waals surface area (Å²) in [6, 6.07) is 21.2. The number of amidine groups is 1. The molecule has 0 aliphatic rings. The van der Waals surface area contributed by atoms with Crippen LogP contribution in [-0.4, -0.2) is 25.8 Å². The van der Waals surface area contributed by atoms with Gasteiger partial charge in [-0.1, -0.05) is 30.3 Å². The molecule has 0 spiro atoms. The number of nitrogens with one attached hydrogen (secondary N) is 2. The number of nitrogens with two attached hydrogens (primary N) is 1. The summed E-state index contributed by atoms with van der Waals surface area (Å²) in [6.07, 6.45) is 3.37. The minimum atomic E-state index is -0.372. The zero-order valence-corrected chi connectivity index (χ0v) is 16.5. The molecule has 3 aromatic carbocycles. The standard InChI is InChI=1S/C23H19N7O/c24-23(25)31-18-7-8-20-19(11-18)22(27-14-26-20)29-17-6-9-21-16(10-17)12-28-30(21)13-15-4-2-1-3-5-15/h1-12,14H,13H2,(H3,24,25)(H,26,27,29). The number of rotatable bonds is 5. The molecule has 0 unspecified atom stereocenters. The van der Waals surface area contributed by atoms with Gasteiger partial charge in [0.25, 0.3) is 6.02 Å². The second-order valence-electron chi connectivity index (χ2n) is 7.05. The van der Waals surface area contributed by atoms with Gasteiger partial charge < -0.3 is 15.8 Å². The van der Waals surface area contributed by atoms with Gasteiger partial charge in [-0.3, -0.25) is 10.1 Å². The minimum Gasteiger partial charge on any atom is -0.426 e. The lowest BCUT2D eigenvalue weighted by Gasteiger charge is -2.10. The van der Waals surface area contributed by atoms with Gasteiger partial charge >= 0.3 is 0 Å². The van der Waals surface area contributed by atoms with Gasteiger partial charge in [-0.15, -0.1) is 0 Å². The summed E-state index contributed by atoms with van der Waals surface area (Å²) in [6.45, 7) is 0.715. The Kier molecular flexibility index (Phi) is 4.64. The van der Waals surface area contributed by atoms with E-state index in [4.69, 9.17) is 15.9 Å². The van der Waals surface area contributed by atoms with E-state index in [0.29, 0.717) is 18.1 Å². The Balaban J connectivity index is 1.45. The van der Waals surface area contributed by atoms with E-state index < -0.39 is 0 Å². The van der Waals surface area contributed by atoms with Crippen LogP contribution in [0.25, 0.3) is 21.8 Å². The normalized spacial score (nSPS) is 11.0. The van der Waals surface area contributed by atoms with Crippen molar-refractivity contribution in [3.05, 3.63) is 84.8 Å². The van der Waals surface area contributed by atoms with Crippen molar-refractivity contribution in [1.82, 2.24) is 19.7 Å². The lowest BCUT2D eigenvalue weighted by atomic mass is 10.2. The van der Waals surface area contributed by atoms with E-state index in [-0.39, 0.29) is 6.02 Å². The van der Waals surface area contributed by atoms with E-state index in [2.05, 4.69) is 32.5 Å². The van der Waals surface area contributed by atoms with Gasteiger partial charge in [0.2, 0.25) is 0 Å². The Labute approximate surface area is 177 Å². The van der Waals surface area contributed by atoms with Crippen molar-refractivity contribution in [3.8, 4) is 5.75 Å². The van der Waals surface area contributed by atoms with E-state index in [9.17, 15) is 0 Å². The zero-order chi connectivity index (χ0) is 21.2. The molecule has 5 aromatic rings. The predicted molar refractivity (Wildman–Crippen MR) is 121 cm³/mol. The third-order valence-electron chi connectivity index (χ3n) is 4.91. The largest absolute Gasteiger partial charge is 0.426 e. The number of nitrogens with zero attached hydrogens (tertiary/aromatic N) is 4. The van der Waals surface area contributed by atoms with E-state index in [1.165, 1.54) is 11.9 Å². The van der Waals surface area contributed by atoms with E-state index in [0.717, 1.165) is 27.5 Å². The van der Waals surface area contributed by atoms with E-state index >= 15 is 0 Å². The fourth-order valence-electron chi connectivity index (χ4n) is 3.51. The van der Waals surface area contributed by atoms with Crippen LogP contribution in [0.2, 0.25) is 0 Å². The Bertz CT molecular complexity index is 1400. The zero-order valence-electron chi connectivity index (χ0n) is 16.5. The Morgan fingerprint density at radius 3 is 2.74 bits per heavy atom. The second-order valence-corrected chi connectivity index (χ2v) is 7.05. The molecule has 2 aromatic heterocycles. The Hall–Kier alpha value is -4.46. The van der Waals surface area contributed by atoms with Crippen LogP contribution in [0.1, 0.15) is 5.56 Å². The summed E-state index contributed by atoms with van der Waals surface area (Å²) in [4.78, 5) is 8.67. The van der Waals surface area contributed by atoms with Crippen molar-refractivity contribution < 1.29 is 4.74 Å². The van der Waals surface area contributed by atoms with Gasteiger partial charge in [0.15, 0.2) is 0 Å². The van der Waals surface area contributed by atoms with E-state index in [1.807, 2.05) is 47.3 Å². The Morgan fingerprint density at radius 1 is 1.03 bits per heavy atom. The molecule has 0 radical (unpaired) electrons. The third kappa shape index (κ3) is 3.86. The molecule has 8 heteroatoms. The van der Waals surface area contributed by atoms with Crippen molar-refractivity contribution in [2.45, 2.75) is 6.54 Å². The molecule has 0 aliphatic carbocycles. The molecule has 5 rings (SSSR count). The van der Waals surface area contributed by atoms with Crippen molar-refractivity contribution in [3.63, 3.8) is 0 Å². The first kappa shape index (κ1) is 18.6. The molecule has 0 bridgehead atoms. The first-order chi connectivity index (χ1) is 15.2. The van der Waals surface area contributed by atoms with Crippen molar-refractivity contribution in [2.24, 2.45) is 5.73 Å². The molecule has 152 valence electrons. The molecule has 8 nitrogen and oxygen atoms in total. The van der Waals surface area contributed by atoms with Crippen LogP contribution >= 0.6 is 0 Å². The highest BCUT2D eigenvalue weighted by atomic mass is 16.5. The topological polar surface area (TPSA) is 115 Å². The van der Waals surface area contributed by atoms with Gasteiger partial charge in [0.1, 0.15) is 17.9 Å². The lowest BCUT2D eigenvalue weighted by molar-refractivity contribution is 0.538. The summed E-state index contributed by atoms with van der Waals surface area (Å²) < 4.78 is 7.19. The van der Waals surface area contributed by atoms with Crippen molar-refractivity contribution in [1.29, 1.82) is 5.41 Å². The van der Waals surface area contributed by atoms with Crippen LogP contribution in [0.3, 0.4) is 0 Å². The number of ether oxygens (including phenoxy) is 1. The number of fused-ring (bicyclic) bond motifs is 2. The van der Waals surface area contributed by atoms with Crippen LogP contribution in [0.15, 0.2) is 79.3 Å². The number of hydrogen-bond donors (Lipinski definition) is 3. The van der Waals surface area contributed by atoms with Gasteiger partial charge in [-0.25, -0.2) is 9.97 Å². The van der Waals surface area contributed by atoms with Gasteiger partial charge in [0.05, 0.1) is 23.8 Å². The van der Waals surface area contributed by atoms with Gasteiger partial charge in [-0.2, -0.15) is 5.10 Å². The van der Waals surface area contributed by atoms with Gasteiger partial charge in [0, 0.05) is 16.5 Å². The smallest absolute Gasteiger partial charge is 0.284 e. The SMILES string of the molecule is N=C(N)Oc1ccc2ncnc(Nc3ccc4c(cnn4Cc4ccccc4)c3)c2c1. The molecule has 0 saturated carbocycles. The van der Waals surface area contributed by atoms with Crippen molar-refractivity contribution >= 4 is 39.3 Å². The summed E-state index contributed by atoms with van der Waals surface area (Å²) in [5, 5.41) is 17.0. The van der Waals surface area contributed by atoms with Crippen LogP contribution in [-0.2, 0) is 6.54 Å². The van der Waals surface area contributed by atoms with E-state index in [1.54, 1.807) is 18.2 Å². The average molecular weight is 409 g/mol. The average Bonchev–Trinajstić information content (AvgIpc) is 3.16. The number of anilines is 2. The summed E-state index contributed by atoms with van der Waals surface area (Å²) in [5.74, 6) is 1.09. The fourth-order valence-corrected chi connectivity index (χ4v) is 3.51. The molecular weight excluding hydrogens is 390 g/mol. The molecule has 0 atom stereocenters. The predicted octanol–water partition coefficient (Wildman–Crippen LogP) is 4.04. The maximum atomic E-state index is 7.32. The lowest BCUT2D eigenvalue weighted by Crippen LogP contribution is -2.17. The minimum absolute atomic E-state index is 0.372. The van der Waals surface area contributed by atoms with Crippen LogP contribution in [0.5, 0.6) is 5.75 Å². The quantitative estimate of drug-likeness (QED) is 0.298.